The molecule has 1 fully saturated rings. The summed E-state index contributed by atoms with van der Waals surface area (Å²) in [5.74, 6) is -2.23. The number of amides is 3. The van der Waals surface area contributed by atoms with E-state index in [2.05, 4.69) is 16.0 Å². The number of hydrogen-bond acceptors (Lipinski definition) is 6. The monoisotopic (exact) mass is 464 g/mol. The van der Waals surface area contributed by atoms with Gasteiger partial charge >= 0.3 is 11.8 Å². The van der Waals surface area contributed by atoms with E-state index in [4.69, 9.17) is 0 Å². The Kier molecular flexibility index (Phi) is 7.77. The first-order chi connectivity index (χ1) is 14.9. The van der Waals surface area contributed by atoms with Crippen LogP contribution in [0.4, 0.5) is 5.69 Å². The molecule has 0 unspecified atom stereocenters. The molecule has 31 heavy (non-hydrogen) atoms. The van der Waals surface area contributed by atoms with Gasteiger partial charge in [0.2, 0.25) is 15.9 Å². The van der Waals surface area contributed by atoms with E-state index in [9.17, 15) is 22.8 Å². The maximum atomic E-state index is 12.5. The van der Waals surface area contributed by atoms with Crippen molar-refractivity contribution in [2.75, 3.05) is 31.5 Å². The second-order valence-electron chi connectivity index (χ2n) is 6.95. The minimum absolute atomic E-state index is 0.167. The number of rotatable bonds is 8. The van der Waals surface area contributed by atoms with E-state index < -0.39 is 27.7 Å². The van der Waals surface area contributed by atoms with Crippen LogP contribution in [-0.4, -0.2) is 56.6 Å². The highest BCUT2D eigenvalue weighted by molar-refractivity contribution is 7.89. The minimum atomic E-state index is -3.52. The molecule has 2 heterocycles. The van der Waals surface area contributed by atoms with Gasteiger partial charge in [0.15, 0.2) is 0 Å². The van der Waals surface area contributed by atoms with Gasteiger partial charge in [-0.15, -0.1) is 11.3 Å². The molecule has 1 aliphatic rings. The third kappa shape index (κ3) is 6.36. The summed E-state index contributed by atoms with van der Waals surface area (Å²) in [6, 6.07) is 9.69. The minimum Gasteiger partial charge on any atom is -0.347 e. The predicted octanol–water partition coefficient (Wildman–Crippen LogP) is 0.946. The Balaban J connectivity index is 1.41. The van der Waals surface area contributed by atoms with Crippen LogP contribution in [0.1, 0.15) is 17.7 Å². The predicted molar refractivity (Wildman–Crippen MR) is 117 cm³/mol. The van der Waals surface area contributed by atoms with Gasteiger partial charge in [0.1, 0.15) is 0 Å². The van der Waals surface area contributed by atoms with Crippen LogP contribution in [0.15, 0.2) is 46.7 Å². The second kappa shape index (κ2) is 10.5. The summed E-state index contributed by atoms with van der Waals surface area (Å²) < 4.78 is 26.5. The number of carbonyl (C=O) groups is 3. The number of nitrogens with one attached hydrogen (secondary N) is 3. The molecule has 3 amide bonds. The van der Waals surface area contributed by atoms with Gasteiger partial charge in [-0.3, -0.25) is 14.4 Å². The molecule has 1 saturated heterocycles. The first kappa shape index (κ1) is 22.9. The zero-order valence-electron chi connectivity index (χ0n) is 16.8. The smallest absolute Gasteiger partial charge is 0.309 e. The Morgan fingerprint density at radius 3 is 2.29 bits per heavy atom. The molecule has 1 aliphatic heterocycles. The van der Waals surface area contributed by atoms with Crippen LogP contribution < -0.4 is 16.0 Å². The lowest BCUT2D eigenvalue weighted by Gasteiger charge is -2.15. The normalized spacial score (nSPS) is 14.2. The number of hydrogen-bond donors (Lipinski definition) is 3. The second-order valence-corrected chi connectivity index (χ2v) is 9.92. The lowest BCUT2D eigenvalue weighted by atomic mass is 10.3. The van der Waals surface area contributed by atoms with E-state index in [1.807, 2.05) is 17.5 Å². The highest BCUT2D eigenvalue weighted by atomic mass is 32.2. The highest BCUT2D eigenvalue weighted by Crippen LogP contribution is 2.22. The van der Waals surface area contributed by atoms with E-state index in [-0.39, 0.29) is 11.4 Å². The standard InChI is InChI=1S/C20H24N4O5S2/c25-18(14-22-20(27)19(26)21-10-9-16-4-3-13-30-16)23-15-5-7-17(8-6-15)31(28,29)24-11-1-2-12-24/h3-8,13H,1-2,9-12,14H2,(H,21,26)(H,22,27)(H,23,25). The Hall–Kier alpha value is -2.76. The summed E-state index contributed by atoms with van der Waals surface area (Å²) in [6.07, 6.45) is 2.33. The average Bonchev–Trinajstić information content (AvgIpc) is 3.47. The van der Waals surface area contributed by atoms with Crippen molar-refractivity contribution in [2.45, 2.75) is 24.2 Å². The van der Waals surface area contributed by atoms with Crippen LogP contribution in [0.2, 0.25) is 0 Å². The molecule has 1 aromatic carbocycles. The molecular formula is C20H24N4O5S2. The van der Waals surface area contributed by atoms with Crippen molar-refractivity contribution in [1.82, 2.24) is 14.9 Å². The van der Waals surface area contributed by atoms with Crippen molar-refractivity contribution in [1.29, 1.82) is 0 Å². The fourth-order valence-electron chi connectivity index (χ4n) is 3.07. The molecular weight excluding hydrogens is 440 g/mol. The van der Waals surface area contributed by atoms with Crippen molar-refractivity contribution < 1.29 is 22.8 Å². The summed E-state index contributed by atoms with van der Waals surface area (Å²) in [4.78, 5) is 36.9. The summed E-state index contributed by atoms with van der Waals surface area (Å²) in [5, 5.41) is 9.24. The van der Waals surface area contributed by atoms with Crippen LogP contribution in [0.5, 0.6) is 0 Å². The molecule has 0 aliphatic carbocycles. The summed E-state index contributed by atoms with van der Waals surface area (Å²) in [5.41, 5.74) is 0.389. The van der Waals surface area contributed by atoms with Crippen LogP contribution in [0.3, 0.4) is 0 Å². The summed E-state index contributed by atoms with van der Waals surface area (Å²) in [7, 11) is -3.52. The van der Waals surface area contributed by atoms with E-state index in [0.29, 0.717) is 31.7 Å². The number of nitrogens with zero attached hydrogens (tertiary/aromatic N) is 1. The molecule has 2 aromatic rings. The maximum Gasteiger partial charge on any atom is 0.309 e. The SMILES string of the molecule is O=C(CNC(=O)C(=O)NCCc1cccs1)Nc1ccc(S(=O)(=O)N2CCCC2)cc1. The van der Waals surface area contributed by atoms with Gasteiger partial charge in [-0.1, -0.05) is 6.07 Å². The number of anilines is 1. The largest absolute Gasteiger partial charge is 0.347 e. The molecule has 11 heteroatoms. The van der Waals surface area contributed by atoms with Gasteiger partial charge in [0.05, 0.1) is 11.4 Å². The molecule has 0 spiro atoms. The third-order valence-corrected chi connectivity index (χ3v) is 7.54. The molecule has 9 nitrogen and oxygen atoms in total. The Morgan fingerprint density at radius 1 is 0.968 bits per heavy atom. The number of sulfonamides is 1. The van der Waals surface area contributed by atoms with Crippen molar-refractivity contribution in [3.05, 3.63) is 46.7 Å². The quantitative estimate of drug-likeness (QED) is 0.502. The molecule has 3 rings (SSSR count). The van der Waals surface area contributed by atoms with Crippen LogP contribution in [0, 0.1) is 0 Å². The lowest BCUT2D eigenvalue weighted by Crippen LogP contribution is -2.43. The van der Waals surface area contributed by atoms with E-state index in [1.165, 1.54) is 28.6 Å². The van der Waals surface area contributed by atoms with E-state index in [0.717, 1.165) is 17.7 Å². The van der Waals surface area contributed by atoms with Crippen molar-refractivity contribution in [3.63, 3.8) is 0 Å². The fourth-order valence-corrected chi connectivity index (χ4v) is 5.29. The topological polar surface area (TPSA) is 125 Å². The first-order valence-corrected chi connectivity index (χ1v) is 12.2. The molecule has 166 valence electrons. The van der Waals surface area contributed by atoms with Gasteiger partial charge in [0, 0.05) is 30.2 Å². The average molecular weight is 465 g/mol. The molecule has 0 saturated carbocycles. The summed E-state index contributed by atoms with van der Waals surface area (Å²) >= 11 is 1.57. The van der Waals surface area contributed by atoms with Gasteiger partial charge < -0.3 is 16.0 Å². The van der Waals surface area contributed by atoms with Crippen molar-refractivity contribution >= 4 is 44.8 Å². The molecule has 0 bridgehead atoms. The number of carbonyl (C=O) groups excluding carboxylic acids is 3. The van der Waals surface area contributed by atoms with Crippen molar-refractivity contribution in [2.24, 2.45) is 0 Å². The summed E-state index contributed by atoms with van der Waals surface area (Å²) in [6.45, 7) is 0.973. The molecule has 0 radical (unpaired) electrons. The van der Waals surface area contributed by atoms with Gasteiger partial charge in [-0.25, -0.2) is 8.42 Å². The highest BCUT2D eigenvalue weighted by Gasteiger charge is 2.27. The fraction of sp³-hybridized carbons (Fsp3) is 0.350. The number of benzene rings is 1. The molecule has 1 aromatic heterocycles. The molecule has 0 atom stereocenters. The van der Waals surface area contributed by atoms with Gasteiger partial charge in [-0.2, -0.15) is 4.31 Å². The first-order valence-electron chi connectivity index (χ1n) is 9.85. The lowest BCUT2D eigenvalue weighted by molar-refractivity contribution is -0.139. The Morgan fingerprint density at radius 2 is 1.65 bits per heavy atom. The van der Waals surface area contributed by atoms with Gasteiger partial charge in [0.25, 0.3) is 0 Å². The maximum absolute atomic E-state index is 12.5. The van der Waals surface area contributed by atoms with E-state index in [1.54, 1.807) is 11.3 Å². The molecule has 3 N–H and O–H groups in total. The third-order valence-electron chi connectivity index (χ3n) is 4.69. The van der Waals surface area contributed by atoms with Crippen LogP contribution in [-0.2, 0) is 30.8 Å². The Bertz CT molecular complexity index is 1010. The van der Waals surface area contributed by atoms with Crippen LogP contribution in [0.25, 0.3) is 0 Å². The van der Waals surface area contributed by atoms with E-state index >= 15 is 0 Å². The zero-order valence-corrected chi connectivity index (χ0v) is 18.4. The Labute approximate surface area is 184 Å². The zero-order chi connectivity index (χ0) is 22.3. The van der Waals surface area contributed by atoms with Crippen molar-refractivity contribution in [3.8, 4) is 0 Å². The number of thiophene rings is 1. The van der Waals surface area contributed by atoms with Gasteiger partial charge in [-0.05, 0) is 55.0 Å². The van der Waals surface area contributed by atoms with Crippen LogP contribution >= 0.6 is 11.3 Å².